The Bertz CT molecular complexity index is 315. The van der Waals surface area contributed by atoms with E-state index in [1.807, 2.05) is 12.1 Å². The smallest absolute Gasteiger partial charge is 0.139 e. The van der Waals surface area contributed by atoms with Gasteiger partial charge in [0.1, 0.15) is 10.1 Å². The predicted molar refractivity (Wildman–Crippen MR) is 63.9 cm³/mol. The maximum Gasteiger partial charge on any atom is 0.139 e. The summed E-state index contributed by atoms with van der Waals surface area (Å²) >= 11 is 11.1. The number of unbranched alkanes of at least 4 members (excludes halogenated alkanes) is 1. The average Bonchev–Trinajstić information content (AvgIpc) is 2.18. The van der Waals surface area contributed by atoms with Gasteiger partial charge in [0.15, 0.2) is 0 Å². The molecule has 0 spiro atoms. The van der Waals surface area contributed by atoms with Crippen LogP contribution in [0.3, 0.4) is 0 Å². The molecule has 0 atom stereocenters. The number of nitrogens with zero attached hydrogens (tertiary/aromatic N) is 1. The van der Waals surface area contributed by atoms with Gasteiger partial charge < -0.3 is 5.32 Å². The van der Waals surface area contributed by atoms with Crippen molar-refractivity contribution >= 4 is 28.8 Å². The van der Waals surface area contributed by atoms with E-state index in [1.54, 1.807) is 6.20 Å². The first-order valence-corrected chi connectivity index (χ1v) is 5.43. The number of aromatic nitrogens is 1. The number of hydrogen-bond donors (Lipinski definition) is 1. The Labute approximate surface area is 94.7 Å². The van der Waals surface area contributed by atoms with E-state index in [2.05, 4.69) is 17.2 Å². The van der Waals surface area contributed by atoms with E-state index < -0.39 is 0 Å². The van der Waals surface area contributed by atoms with Gasteiger partial charge >= 0.3 is 0 Å². The molecule has 14 heavy (non-hydrogen) atoms. The number of rotatable bonds is 4. The molecule has 0 aliphatic heterocycles. The number of pyridine rings is 1. The van der Waals surface area contributed by atoms with Crippen molar-refractivity contribution in [2.24, 2.45) is 0 Å². The molecule has 0 saturated heterocycles. The maximum atomic E-state index is 5.89. The van der Waals surface area contributed by atoms with E-state index in [1.165, 1.54) is 0 Å². The lowest BCUT2D eigenvalue weighted by Gasteiger charge is -2.07. The van der Waals surface area contributed by atoms with Crippen LogP contribution in [0.2, 0.25) is 5.15 Å². The second-order valence-corrected chi connectivity index (χ2v) is 3.72. The molecule has 1 N–H and O–H groups in total. The largest absolute Gasteiger partial charge is 0.376 e. The van der Waals surface area contributed by atoms with Crippen molar-refractivity contribution in [1.82, 2.24) is 10.3 Å². The van der Waals surface area contributed by atoms with E-state index in [-0.39, 0.29) is 0 Å². The zero-order valence-corrected chi connectivity index (χ0v) is 9.66. The van der Waals surface area contributed by atoms with Crippen LogP contribution in [-0.2, 0) is 0 Å². The number of thiocarbonyl (C=S) groups is 1. The van der Waals surface area contributed by atoms with Gasteiger partial charge in [0, 0.05) is 18.3 Å². The van der Waals surface area contributed by atoms with Crippen molar-refractivity contribution in [3.8, 4) is 0 Å². The monoisotopic (exact) mass is 228 g/mol. The van der Waals surface area contributed by atoms with Crippen molar-refractivity contribution in [2.75, 3.05) is 6.54 Å². The molecule has 76 valence electrons. The molecule has 0 unspecified atom stereocenters. The highest BCUT2D eigenvalue weighted by atomic mass is 35.5. The van der Waals surface area contributed by atoms with Gasteiger partial charge in [-0.05, 0) is 18.6 Å². The fourth-order valence-electron chi connectivity index (χ4n) is 1.03. The molecule has 0 amide bonds. The summed E-state index contributed by atoms with van der Waals surface area (Å²) in [6.45, 7) is 3.03. The lowest BCUT2D eigenvalue weighted by atomic mass is 10.2. The number of hydrogen-bond acceptors (Lipinski definition) is 2. The minimum absolute atomic E-state index is 0.460. The fourth-order valence-corrected chi connectivity index (χ4v) is 1.57. The van der Waals surface area contributed by atoms with E-state index in [0.717, 1.165) is 24.9 Å². The molecule has 0 aromatic carbocycles. The summed E-state index contributed by atoms with van der Waals surface area (Å²) in [5, 5.41) is 3.61. The molecule has 0 aliphatic rings. The topological polar surface area (TPSA) is 24.9 Å². The average molecular weight is 229 g/mol. The predicted octanol–water partition coefficient (Wildman–Crippen LogP) is 2.80. The Morgan fingerprint density at radius 2 is 2.43 bits per heavy atom. The normalized spacial score (nSPS) is 9.86. The number of halogens is 1. The summed E-state index contributed by atoms with van der Waals surface area (Å²) in [4.78, 5) is 4.64. The Morgan fingerprint density at radius 1 is 1.64 bits per heavy atom. The third-order valence-corrected chi connectivity index (χ3v) is 2.49. The second kappa shape index (κ2) is 5.94. The Balaban J connectivity index is 2.56. The van der Waals surface area contributed by atoms with Crippen molar-refractivity contribution in [1.29, 1.82) is 0 Å². The van der Waals surface area contributed by atoms with Crippen LogP contribution in [0.25, 0.3) is 0 Å². The standard InChI is InChI=1S/C10H13ClN2S/c1-2-3-6-13-10(14)8-5-4-7-12-9(8)11/h4-5,7H,2-3,6H2,1H3,(H,13,14). The summed E-state index contributed by atoms with van der Waals surface area (Å²) in [6.07, 6.45) is 3.91. The summed E-state index contributed by atoms with van der Waals surface area (Å²) in [7, 11) is 0. The third-order valence-electron chi connectivity index (χ3n) is 1.82. The molecule has 0 saturated carbocycles. The third kappa shape index (κ3) is 3.24. The lowest BCUT2D eigenvalue weighted by Crippen LogP contribution is -2.23. The molecule has 4 heteroatoms. The molecule has 1 rings (SSSR count). The minimum Gasteiger partial charge on any atom is -0.376 e. The van der Waals surface area contributed by atoms with E-state index in [0.29, 0.717) is 10.1 Å². The van der Waals surface area contributed by atoms with Gasteiger partial charge in [0.2, 0.25) is 0 Å². The first-order valence-electron chi connectivity index (χ1n) is 4.64. The van der Waals surface area contributed by atoms with Crippen LogP contribution in [0.5, 0.6) is 0 Å². The summed E-state index contributed by atoms with van der Waals surface area (Å²) in [5.74, 6) is 0. The van der Waals surface area contributed by atoms with Gasteiger partial charge in [0.25, 0.3) is 0 Å². The number of nitrogens with one attached hydrogen (secondary N) is 1. The molecular formula is C10H13ClN2S. The molecule has 0 aliphatic carbocycles. The first kappa shape index (κ1) is 11.4. The minimum atomic E-state index is 0.460. The van der Waals surface area contributed by atoms with Gasteiger partial charge in [0.05, 0.1) is 0 Å². The Morgan fingerprint density at radius 3 is 3.07 bits per heavy atom. The molecule has 2 nitrogen and oxygen atoms in total. The van der Waals surface area contributed by atoms with E-state index >= 15 is 0 Å². The highest BCUT2D eigenvalue weighted by molar-refractivity contribution is 7.80. The van der Waals surface area contributed by atoms with Crippen LogP contribution < -0.4 is 5.32 Å². The molecule has 1 aromatic heterocycles. The van der Waals surface area contributed by atoms with Crippen LogP contribution in [0.4, 0.5) is 0 Å². The molecular weight excluding hydrogens is 216 g/mol. The Hall–Kier alpha value is -0.670. The van der Waals surface area contributed by atoms with Gasteiger partial charge in [-0.15, -0.1) is 0 Å². The summed E-state index contributed by atoms with van der Waals surface area (Å²) in [6, 6.07) is 3.70. The van der Waals surface area contributed by atoms with Crippen molar-refractivity contribution in [3.63, 3.8) is 0 Å². The van der Waals surface area contributed by atoms with Crippen molar-refractivity contribution in [2.45, 2.75) is 19.8 Å². The van der Waals surface area contributed by atoms with Crippen LogP contribution >= 0.6 is 23.8 Å². The summed E-state index contributed by atoms with van der Waals surface area (Å²) in [5.41, 5.74) is 0.806. The van der Waals surface area contributed by atoms with Crippen LogP contribution in [0, 0.1) is 0 Å². The summed E-state index contributed by atoms with van der Waals surface area (Å²) < 4.78 is 0. The molecule has 1 heterocycles. The Kier molecular flexibility index (Phi) is 4.84. The molecule has 0 fully saturated rings. The van der Waals surface area contributed by atoms with Gasteiger partial charge in [-0.3, -0.25) is 0 Å². The van der Waals surface area contributed by atoms with Gasteiger partial charge in [-0.1, -0.05) is 37.2 Å². The second-order valence-electron chi connectivity index (χ2n) is 2.95. The lowest BCUT2D eigenvalue weighted by molar-refractivity contribution is 0.759. The molecule has 0 bridgehead atoms. The van der Waals surface area contributed by atoms with Crippen LogP contribution in [-0.4, -0.2) is 16.5 Å². The van der Waals surface area contributed by atoms with Crippen LogP contribution in [0.15, 0.2) is 18.3 Å². The zero-order valence-electron chi connectivity index (χ0n) is 8.09. The van der Waals surface area contributed by atoms with E-state index in [9.17, 15) is 0 Å². The highest BCUT2D eigenvalue weighted by Gasteiger charge is 2.04. The van der Waals surface area contributed by atoms with Crippen LogP contribution in [0.1, 0.15) is 25.3 Å². The highest BCUT2D eigenvalue weighted by Crippen LogP contribution is 2.11. The van der Waals surface area contributed by atoms with Gasteiger partial charge in [-0.2, -0.15) is 0 Å². The van der Waals surface area contributed by atoms with E-state index in [4.69, 9.17) is 23.8 Å². The first-order chi connectivity index (χ1) is 6.75. The SMILES string of the molecule is CCCCNC(=S)c1cccnc1Cl. The fraction of sp³-hybridized carbons (Fsp3) is 0.400. The zero-order chi connectivity index (χ0) is 10.4. The van der Waals surface area contributed by atoms with Crippen molar-refractivity contribution < 1.29 is 0 Å². The maximum absolute atomic E-state index is 5.89. The molecule has 1 aromatic rings. The van der Waals surface area contributed by atoms with Gasteiger partial charge in [-0.25, -0.2) is 4.98 Å². The van der Waals surface area contributed by atoms with Crippen molar-refractivity contribution in [3.05, 3.63) is 29.0 Å². The molecule has 0 radical (unpaired) electrons. The quantitative estimate of drug-likeness (QED) is 0.487.